The van der Waals surface area contributed by atoms with E-state index in [1.807, 2.05) is 36.4 Å². The van der Waals surface area contributed by atoms with Crippen molar-refractivity contribution in [1.29, 1.82) is 5.26 Å². The SMILES string of the molecule is COc1cc(/C=C(\C#N)C(=O)Nc2cccc3ccccc23)cc(Cl)c1OS(=O)(=O)c1ccccc1. The molecule has 0 bridgehead atoms. The van der Waals surface area contributed by atoms with Gasteiger partial charge in [-0.15, -0.1) is 0 Å². The van der Waals surface area contributed by atoms with Gasteiger partial charge < -0.3 is 14.2 Å². The lowest BCUT2D eigenvalue weighted by Gasteiger charge is -2.13. The van der Waals surface area contributed by atoms with E-state index >= 15 is 0 Å². The van der Waals surface area contributed by atoms with E-state index in [9.17, 15) is 18.5 Å². The number of carbonyl (C=O) groups excluding carboxylic acids is 1. The summed E-state index contributed by atoms with van der Waals surface area (Å²) in [6.07, 6.45) is 1.32. The second kappa shape index (κ2) is 10.5. The zero-order valence-electron chi connectivity index (χ0n) is 18.9. The molecule has 1 amide bonds. The summed E-state index contributed by atoms with van der Waals surface area (Å²) in [6.45, 7) is 0. The topological polar surface area (TPSA) is 105 Å². The Balaban J connectivity index is 1.64. The van der Waals surface area contributed by atoms with Crippen LogP contribution in [0, 0.1) is 11.3 Å². The van der Waals surface area contributed by atoms with Crippen molar-refractivity contribution < 1.29 is 22.1 Å². The lowest BCUT2D eigenvalue weighted by molar-refractivity contribution is -0.112. The number of ether oxygens (including phenoxy) is 1. The minimum atomic E-state index is -4.17. The molecule has 0 aliphatic carbocycles. The van der Waals surface area contributed by atoms with Crippen LogP contribution in [0.25, 0.3) is 16.8 Å². The van der Waals surface area contributed by atoms with Crippen molar-refractivity contribution >= 4 is 50.2 Å². The van der Waals surface area contributed by atoms with Crippen LogP contribution in [0.1, 0.15) is 5.56 Å². The van der Waals surface area contributed by atoms with Crippen LogP contribution in [-0.4, -0.2) is 21.4 Å². The molecule has 0 aliphatic heterocycles. The predicted molar refractivity (Wildman–Crippen MR) is 138 cm³/mol. The van der Waals surface area contributed by atoms with Crippen molar-refractivity contribution in [3.8, 4) is 17.6 Å². The highest BCUT2D eigenvalue weighted by molar-refractivity contribution is 7.87. The van der Waals surface area contributed by atoms with Gasteiger partial charge in [0.2, 0.25) is 5.75 Å². The first-order valence-electron chi connectivity index (χ1n) is 10.6. The molecule has 0 unspecified atom stereocenters. The zero-order valence-corrected chi connectivity index (χ0v) is 20.5. The normalized spacial score (nSPS) is 11.5. The van der Waals surface area contributed by atoms with E-state index in [0.717, 1.165) is 10.8 Å². The number of carbonyl (C=O) groups is 1. The number of benzene rings is 4. The Hall–Kier alpha value is -4.32. The lowest BCUT2D eigenvalue weighted by atomic mass is 10.1. The molecule has 0 saturated heterocycles. The minimum absolute atomic E-state index is 0.0139. The molecule has 1 N–H and O–H groups in total. The zero-order chi connectivity index (χ0) is 25.7. The highest BCUT2D eigenvalue weighted by atomic mass is 35.5. The maximum atomic E-state index is 12.9. The molecule has 0 fully saturated rings. The maximum absolute atomic E-state index is 12.9. The van der Waals surface area contributed by atoms with E-state index in [-0.39, 0.29) is 27.0 Å². The van der Waals surface area contributed by atoms with Crippen LogP contribution in [0.5, 0.6) is 11.5 Å². The van der Waals surface area contributed by atoms with Crippen LogP contribution >= 0.6 is 11.6 Å². The Labute approximate surface area is 213 Å². The fourth-order valence-corrected chi connectivity index (χ4v) is 4.77. The predicted octanol–water partition coefficient (Wildman–Crippen LogP) is 5.82. The summed E-state index contributed by atoms with van der Waals surface area (Å²) in [6, 6.07) is 25.3. The average molecular weight is 519 g/mol. The van der Waals surface area contributed by atoms with Gasteiger partial charge in [0, 0.05) is 11.1 Å². The smallest absolute Gasteiger partial charge is 0.339 e. The molecule has 0 heterocycles. The first kappa shape index (κ1) is 24.8. The number of methoxy groups -OCH3 is 1. The molecule has 180 valence electrons. The standard InChI is InChI=1S/C27H19ClN2O5S/c1-34-25-16-18(15-23(28)26(25)35-36(32,33)21-10-3-2-4-11-21)14-20(17-29)27(31)30-24-13-7-9-19-8-5-6-12-22(19)24/h2-16H,1H3,(H,30,31)/b20-14+. The number of fused-ring (bicyclic) bond motifs is 1. The molecule has 0 atom stereocenters. The first-order chi connectivity index (χ1) is 17.3. The van der Waals surface area contributed by atoms with Crippen LogP contribution in [-0.2, 0) is 14.9 Å². The van der Waals surface area contributed by atoms with Crippen molar-refractivity contribution in [2.24, 2.45) is 0 Å². The lowest BCUT2D eigenvalue weighted by Crippen LogP contribution is -2.13. The van der Waals surface area contributed by atoms with Crippen LogP contribution in [0.4, 0.5) is 5.69 Å². The van der Waals surface area contributed by atoms with E-state index in [0.29, 0.717) is 11.3 Å². The fraction of sp³-hybridized carbons (Fsp3) is 0.0370. The van der Waals surface area contributed by atoms with Gasteiger partial charge in [0.25, 0.3) is 5.91 Å². The third-order valence-electron chi connectivity index (χ3n) is 5.19. The molecule has 36 heavy (non-hydrogen) atoms. The van der Waals surface area contributed by atoms with Gasteiger partial charge in [0.05, 0.1) is 12.1 Å². The Morgan fingerprint density at radius 3 is 2.42 bits per heavy atom. The Morgan fingerprint density at radius 1 is 1.00 bits per heavy atom. The highest BCUT2D eigenvalue weighted by Crippen LogP contribution is 2.39. The molecule has 0 radical (unpaired) electrons. The van der Waals surface area contributed by atoms with Crippen LogP contribution in [0.3, 0.4) is 0 Å². The summed E-state index contributed by atoms with van der Waals surface area (Å²) in [7, 11) is -2.85. The van der Waals surface area contributed by atoms with E-state index < -0.39 is 16.0 Å². The Bertz CT molecular complexity index is 1620. The molecule has 0 aliphatic rings. The molecular weight excluding hydrogens is 500 g/mol. The second-order valence-corrected chi connectivity index (χ2v) is 9.49. The second-order valence-electron chi connectivity index (χ2n) is 7.54. The van der Waals surface area contributed by atoms with Gasteiger partial charge >= 0.3 is 10.1 Å². The third kappa shape index (κ3) is 5.33. The first-order valence-corrected chi connectivity index (χ1v) is 12.4. The fourth-order valence-electron chi connectivity index (χ4n) is 3.49. The van der Waals surface area contributed by atoms with Crippen LogP contribution < -0.4 is 14.2 Å². The van der Waals surface area contributed by atoms with E-state index in [1.54, 1.807) is 30.3 Å². The summed E-state index contributed by atoms with van der Waals surface area (Å²) in [5.41, 5.74) is 0.710. The summed E-state index contributed by atoms with van der Waals surface area (Å²) >= 11 is 6.33. The van der Waals surface area contributed by atoms with Gasteiger partial charge in [-0.1, -0.05) is 66.2 Å². The van der Waals surface area contributed by atoms with Gasteiger partial charge in [-0.05, 0) is 47.4 Å². The van der Waals surface area contributed by atoms with Gasteiger partial charge in [0.15, 0.2) is 5.75 Å². The third-order valence-corrected chi connectivity index (χ3v) is 6.71. The number of nitrogens with one attached hydrogen (secondary N) is 1. The van der Waals surface area contributed by atoms with Crippen molar-refractivity contribution in [3.63, 3.8) is 0 Å². The van der Waals surface area contributed by atoms with E-state index in [4.69, 9.17) is 20.5 Å². The number of nitrogens with zero attached hydrogens (tertiary/aromatic N) is 1. The summed E-state index contributed by atoms with van der Waals surface area (Å²) in [5.74, 6) is -0.810. The molecule has 4 aromatic rings. The Kier molecular flexibility index (Phi) is 7.25. The van der Waals surface area contributed by atoms with Gasteiger partial charge in [0.1, 0.15) is 16.5 Å². The summed E-state index contributed by atoms with van der Waals surface area (Å²) in [5, 5.41) is 14.1. The molecular formula is C27H19ClN2O5S. The largest absolute Gasteiger partial charge is 0.493 e. The number of hydrogen-bond acceptors (Lipinski definition) is 6. The number of amides is 1. The number of anilines is 1. The van der Waals surface area contributed by atoms with Crippen molar-refractivity contribution in [2.75, 3.05) is 12.4 Å². The molecule has 7 nitrogen and oxygen atoms in total. The van der Waals surface area contributed by atoms with Gasteiger partial charge in [-0.2, -0.15) is 13.7 Å². The van der Waals surface area contributed by atoms with Crippen LogP contribution in [0.2, 0.25) is 5.02 Å². The van der Waals surface area contributed by atoms with Crippen LogP contribution in [0.15, 0.2) is 95.4 Å². The van der Waals surface area contributed by atoms with Gasteiger partial charge in [-0.25, -0.2) is 0 Å². The molecule has 9 heteroatoms. The number of rotatable bonds is 7. The molecule has 0 saturated carbocycles. The summed E-state index contributed by atoms with van der Waals surface area (Å²) in [4.78, 5) is 12.8. The van der Waals surface area contributed by atoms with E-state index in [1.165, 1.54) is 37.5 Å². The van der Waals surface area contributed by atoms with Gasteiger partial charge in [-0.3, -0.25) is 4.79 Å². The number of halogens is 1. The number of hydrogen-bond donors (Lipinski definition) is 1. The monoisotopic (exact) mass is 518 g/mol. The average Bonchev–Trinajstić information content (AvgIpc) is 2.89. The summed E-state index contributed by atoms with van der Waals surface area (Å²) < 4.78 is 35.8. The van der Waals surface area contributed by atoms with Crippen molar-refractivity contribution in [2.45, 2.75) is 4.90 Å². The molecule has 4 rings (SSSR count). The highest BCUT2D eigenvalue weighted by Gasteiger charge is 2.22. The van der Waals surface area contributed by atoms with E-state index in [2.05, 4.69) is 5.32 Å². The maximum Gasteiger partial charge on any atom is 0.339 e. The van der Waals surface area contributed by atoms with Crippen molar-refractivity contribution in [1.82, 2.24) is 0 Å². The Morgan fingerprint density at radius 2 is 1.69 bits per heavy atom. The molecule has 0 spiro atoms. The molecule has 0 aromatic heterocycles. The quantitative estimate of drug-likeness (QED) is 0.188. The minimum Gasteiger partial charge on any atom is -0.493 e. The van der Waals surface area contributed by atoms with Crippen molar-refractivity contribution in [3.05, 3.63) is 101 Å². The molecule has 4 aromatic carbocycles. The number of nitriles is 1.